The van der Waals surface area contributed by atoms with E-state index in [1.54, 1.807) is 6.92 Å². The first kappa shape index (κ1) is 18.0. The van der Waals surface area contributed by atoms with Gasteiger partial charge in [0, 0.05) is 6.54 Å². The molecule has 2 amide bonds. The number of hydrogen-bond donors (Lipinski definition) is 3. The highest BCUT2D eigenvalue weighted by Gasteiger charge is 2.28. The molecule has 0 fully saturated rings. The van der Waals surface area contributed by atoms with Crippen molar-refractivity contribution in [3.8, 4) is 0 Å². The Balaban J connectivity index is 2.65. The molecule has 5 nitrogen and oxygen atoms in total. The van der Waals surface area contributed by atoms with Crippen molar-refractivity contribution in [2.45, 2.75) is 32.8 Å². The molecule has 1 aromatic rings. The molecule has 7 heteroatoms. The van der Waals surface area contributed by atoms with Crippen molar-refractivity contribution >= 4 is 17.5 Å². The Hall–Kier alpha value is -2.02. The summed E-state index contributed by atoms with van der Waals surface area (Å²) in [5, 5.41) is 14.3. The fourth-order valence-corrected chi connectivity index (χ4v) is 1.74. The molecule has 22 heavy (non-hydrogen) atoms. The number of nitrogens with one attached hydrogen (secondary N) is 2. The Morgan fingerprint density at radius 2 is 1.82 bits per heavy atom. The summed E-state index contributed by atoms with van der Waals surface area (Å²) in [6, 6.07) is 3.07. The first-order valence-electron chi connectivity index (χ1n) is 6.94. The average molecular weight is 314 g/mol. The molecule has 122 valence electrons. The fourth-order valence-electron chi connectivity index (χ4n) is 1.74. The van der Waals surface area contributed by atoms with E-state index >= 15 is 0 Å². The summed E-state index contributed by atoms with van der Waals surface area (Å²) in [5.74, 6) is -4.34. The summed E-state index contributed by atoms with van der Waals surface area (Å²) >= 11 is 0. The van der Waals surface area contributed by atoms with Crippen LogP contribution >= 0.6 is 0 Å². The second kappa shape index (κ2) is 7.31. The molecule has 0 aromatic heterocycles. The van der Waals surface area contributed by atoms with E-state index in [-0.39, 0.29) is 12.5 Å². The van der Waals surface area contributed by atoms with E-state index in [1.165, 1.54) is 6.92 Å². The molecule has 0 aliphatic heterocycles. The number of carbonyl (C=O) groups is 2. The van der Waals surface area contributed by atoms with Gasteiger partial charge in [-0.15, -0.1) is 0 Å². The quantitative estimate of drug-likeness (QED) is 0.725. The maximum atomic E-state index is 13.4. The highest BCUT2D eigenvalue weighted by Crippen LogP contribution is 2.19. The lowest BCUT2D eigenvalue weighted by atomic mass is 9.89. The van der Waals surface area contributed by atoms with Crippen molar-refractivity contribution < 1.29 is 23.5 Å². The van der Waals surface area contributed by atoms with E-state index in [9.17, 15) is 23.5 Å². The van der Waals surface area contributed by atoms with Crippen LogP contribution in [0.5, 0.6) is 0 Å². The molecule has 0 heterocycles. The van der Waals surface area contributed by atoms with Gasteiger partial charge in [0.05, 0.1) is 5.60 Å². The maximum Gasteiger partial charge on any atom is 0.313 e. The molecule has 0 spiro atoms. The summed E-state index contributed by atoms with van der Waals surface area (Å²) in [6.45, 7) is 5.08. The average Bonchev–Trinajstić information content (AvgIpc) is 2.47. The second-order valence-electron chi connectivity index (χ2n) is 5.40. The van der Waals surface area contributed by atoms with Gasteiger partial charge in [-0.05, 0) is 25.0 Å². The summed E-state index contributed by atoms with van der Waals surface area (Å²) < 4.78 is 26.7. The monoisotopic (exact) mass is 314 g/mol. The van der Waals surface area contributed by atoms with Gasteiger partial charge in [-0.25, -0.2) is 8.78 Å². The van der Waals surface area contributed by atoms with Gasteiger partial charge < -0.3 is 15.7 Å². The van der Waals surface area contributed by atoms with Gasteiger partial charge in [0.1, 0.15) is 17.3 Å². The van der Waals surface area contributed by atoms with Crippen LogP contribution < -0.4 is 10.6 Å². The van der Waals surface area contributed by atoms with Gasteiger partial charge in [-0.3, -0.25) is 9.59 Å². The zero-order chi connectivity index (χ0) is 16.9. The van der Waals surface area contributed by atoms with Gasteiger partial charge in [0.15, 0.2) is 0 Å². The van der Waals surface area contributed by atoms with E-state index < -0.39 is 34.7 Å². The number of benzene rings is 1. The number of amides is 2. The van der Waals surface area contributed by atoms with Crippen LogP contribution in [0, 0.1) is 17.6 Å². The largest absolute Gasteiger partial charge is 0.388 e. The van der Waals surface area contributed by atoms with E-state index in [4.69, 9.17) is 0 Å². The van der Waals surface area contributed by atoms with Crippen LogP contribution in [0.25, 0.3) is 0 Å². The third kappa shape index (κ3) is 4.49. The summed E-state index contributed by atoms with van der Waals surface area (Å²) in [7, 11) is 0. The topological polar surface area (TPSA) is 78.4 Å². The Labute approximate surface area is 127 Å². The predicted molar refractivity (Wildman–Crippen MR) is 78.1 cm³/mol. The van der Waals surface area contributed by atoms with E-state index in [1.807, 2.05) is 12.2 Å². The fraction of sp³-hybridized carbons (Fsp3) is 0.467. The molecular weight excluding hydrogens is 294 g/mol. The lowest BCUT2D eigenvalue weighted by Crippen LogP contribution is -2.47. The zero-order valence-electron chi connectivity index (χ0n) is 12.7. The Kier molecular flexibility index (Phi) is 5.99. The molecule has 0 saturated heterocycles. The number of halogens is 2. The molecule has 0 aliphatic carbocycles. The molecule has 1 rings (SSSR count). The highest BCUT2D eigenvalue weighted by molar-refractivity contribution is 6.39. The molecule has 0 bridgehead atoms. The minimum absolute atomic E-state index is 0.0973. The number of aliphatic hydroxyl groups is 1. The predicted octanol–water partition coefficient (Wildman–Crippen LogP) is 1.82. The van der Waals surface area contributed by atoms with Crippen molar-refractivity contribution in [3.63, 3.8) is 0 Å². The molecule has 3 N–H and O–H groups in total. The smallest absolute Gasteiger partial charge is 0.313 e. The van der Waals surface area contributed by atoms with Crippen molar-refractivity contribution in [1.29, 1.82) is 0 Å². The minimum Gasteiger partial charge on any atom is -0.388 e. The van der Waals surface area contributed by atoms with Crippen molar-refractivity contribution in [2.75, 3.05) is 11.9 Å². The standard InChI is InChI=1S/C15H20F2N2O3/c1-4-9(2)15(3,22)8-18-13(20)14(21)19-12-10(16)6-5-7-11(12)17/h5-7,9,22H,4,8H2,1-3H3,(H,18,20)(H,19,21). The van der Waals surface area contributed by atoms with Crippen LogP contribution in [0.4, 0.5) is 14.5 Å². The van der Waals surface area contributed by atoms with Gasteiger partial charge in [-0.2, -0.15) is 0 Å². The first-order valence-corrected chi connectivity index (χ1v) is 6.94. The number of rotatable bonds is 5. The molecule has 1 aromatic carbocycles. The van der Waals surface area contributed by atoms with Crippen molar-refractivity contribution in [3.05, 3.63) is 29.8 Å². The normalized spacial score (nSPS) is 14.8. The maximum absolute atomic E-state index is 13.4. The van der Waals surface area contributed by atoms with E-state index in [0.29, 0.717) is 6.42 Å². The molecular formula is C15H20F2N2O3. The van der Waals surface area contributed by atoms with Gasteiger partial charge in [-0.1, -0.05) is 26.3 Å². The third-order valence-electron chi connectivity index (χ3n) is 3.69. The molecule has 0 radical (unpaired) electrons. The van der Waals surface area contributed by atoms with Crippen LogP contribution in [-0.4, -0.2) is 29.1 Å². The van der Waals surface area contributed by atoms with Gasteiger partial charge >= 0.3 is 11.8 Å². The third-order valence-corrected chi connectivity index (χ3v) is 3.69. The zero-order valence-corrected chi connectivity index (χ0v) is 12.7. The molecule has 0 saturated carbocycles. The Bertz CT molecular complexity index is 541. The van der Waals surface area contributed by atoms with E-state index in [2.05, 4.69) is 5.32 Å². The lowest BCUT2D eigenvalue weighted by Gasteiger charge is -2.29. The van der Waals surface area contributed by atoms with Crippen LogP contribution in [-0.2, 0) is 9.59 Å². The summed E-state index contributed by atoms with van der Waals surface area (Å²) in [6.07, 6.45) is 0.690. The van der Waals surface area contributed by atoms with Crippen LogP contribution in [0.15, 0.2) is 18.2 Å². The summed E-state index contributed by atoms with van der Waals surface area (Å²) in [5.41, 5.74) is -1.87. The number of hydrogen-bond acceptors (Lipinski definition) is 3. The van der Waals surface area contributed by atoms with Gasteiger partial charge in [0.2, 0.25) is 0 Å². The lowest BCUT2D eigenvalue weighted by molar-refractivity contribution is -0.137. The number of carbonyl (C=O) groups excluding carboxylic acids is 2. The Morgan fingerprint density at radius 3 is 2.32 bits per heavy atom. The van der Waals surface area contributed by atoms with E-state index in [0.717, 1.165) is 18.2 Å². The highest BCUT2D eigenvalue weighted by atomic mass is 19.1. The number of para-hydroxylation sites is 1. The molecule has 0 aliphatic rings. The minimum atomic E-state index is -1.20. The van der Waals surface area contributed by atoms with Gasteiger partial charge in [0.25, 0.3) is 0 Å². The first-order chi connectivity index (χ1) is 10.2. The van der Waals surface area contributed by atoms with Crippen molar-refractivity contribution in [1.82, 2.24) is 5.32 Å². The molecule has 2 unspecified atom stereocenters. The summed E-state index contributed by atoms with van der Waals surface area (Å²) in [4.78, 5) is 23.3. The number of anilines is 1. The van der Waals surface area contributed by atoms with Crippen LogP contribution in [0.1, 0.15) is 27.2 Å². The second-order valence-corrected chi connectivity index (χ2v) is 5.40. The molecule has 2 atom stereocenters. The SMILES string of the molecule is CCC(C)C(C)(O)CNC(=O)C(=O)Nc1c(F)cccc1F. The van der Waals surface area contributed by atoms with Crippen LogP contribution in [0.3, 0.4) is 0 Å². The Morgan fingerprint density at radius 1 is 1.27 bits per heavy atom. The van der Waals surface area contributed by atoms with Crippen LogP contribution in [0.2, 0.25) is 0 Å². The van der Waals surface area contributed by atoms with Crippen molar-refractivity contribution in [2.24, 2.45) is 5.92 Å².